The standard InChI is InChI=1S/C30H37N3O5S/c1-30(2,16-22-12-23-8-4-5-9-24(23)13-22)32-18-27(34)20-33(3)39(37,38)28-15-26(17-31-19-28)25-10-6-7-21(11-25)14-29(35)36/h4-11,15,17,19,22,27,32,34H,12-14,16,18,20H2,1-3H3,(H,35,36)/t27-/m1/s1. The van der Waals surface area contributed by atoms with E-state index in [-0.39, 0.29) is 29.9 Å². The van der Waals surface area contributed by atoms with Crippen LogP contribution in [0.25, 0.3) is 11.1 Å². The molecule has 9 heteroatoms. The Morgan fingerprint density at radius 3 is 2.44 bits per heavy atom. The van der Waals surface area contributed by atoms with Gasteiger partial charge in [0.05, 0.1) is 12.5 Å². The monoisotopic (exact) mass is 551 g/mol. The second-order valence-electron chi connectivity index (χ2n) is 11.1. The summed E-state index contributed by atoms with van der Waals surface area (Å²) in [6.45, 7) is 4.43. The van der Waals surface area contributed by atoms with Crippen molar-refractivity contribution in [2.24, 2.45) is 5.92 Å². The van der Waals surface area contributed by atoms with Crippen molar-refractivity contribution in [3.05, 3.63) is 83.7 Å². The van der Waals surface area contributed by atoms with Gasteiger partial charge in [0.1, 0.15) is 4.90 Å². The van der Waals surface area contributed by atoms with E-state index in [1.165, 1.54) is 30.4 Å². The summed E-state index contributed by atoms with van der Waals surface area (Å²) >= 11 is 0. The molecule has 1 heterocycles. The smallest absolute Gasteiger partial charge is 0.307 e. The first-order valence-electron chi connectivity index (χ1n) is 13.2. The molecule has 0 radical (unpaired) electrons. The number of nitrogens with zero attached hydrogens (tertiary/aromatic N) is 2. The van der Waals surface area contributed by atoms with Crippen molar-refractivity contribution in [3.8, 4) is 11.1 Å². The quantitative estimate of drug-likeness (QED) is 0.315. The van der Waals surface area contributed by atoms with Gasteiger partial charge in [-0.15, -0.1) is 0 Å². The molecule has 4 rings (SSSR count). The fraction of sp³-hybridized carbons (Fsp3) is 0.400. The van der Waals surface area contributed by atoms with Crippen LogP contribution in [0.5, 0.6) is 0 Å². The lowest BCUT2D eigenvalue weighted by molar-refractivity contribution is -0.136. The maximum atomic E-state index is 13.3. The van der Waals surface area contributed by atoms with Crippen LogP contribution >= 0.6 is 0 Å². The molecule has 0 unspecified atom stereocenters. The van der Waals surface area contributed by atoms with Gasteiger partial charge in [-0.1, -0.05) is 48.5 Å². The minimum atomic E-state index is -3.91. The molecule has 0 aliphatic heterocycles. The predicted octanol–water partition coefficient (Wildman–Crippen LogP) is 3.53. The van der Waals surface area contributed by atoms with E-state index in [2.05, 4.69) is 48.4 Å². The number of carboxylic acids is 1. The molecule has 3 N–H and O–H groups in total. The Morgan fingerprint density at radius 1 is 1.08 bits per heavy atom. The number of aliphatic hydroxyl groups excluding tert-OH is 1. The summed E-state index contributed by atoms with van der Waals surface area (Å²) in [5, 5.41) is 23.2. The molecule has 208 valence electrons. The molecule has 0 amide bonds. The average molecular weight is 552 g/mol. The Bertz CT molecular complexity index is 1400. The van der Waals surface area contributed by atoms with Gasteiger partial charge < -0.3 is 15.5 Å². The maximum Gasteiger partial charge on any atom is 0.307 e. The zero-order valence-corrected chi connectivity index (χ0v) is 23.5. The Kier molecular flexibility index (Phi) is 8.86. The molecule has 0 bridgehead atoms. The van der Waals surface area contributed by atoms with Crippen LogP contribution in [-0.4, -0.2) is 65.7 Å². The van der Waals surface area contributed by atoms with Crippen molar-refractivity contribution in [2.45, 2.75) is 56.1 Å². The summed E-state index contributed by atoms with van der Waals surface area (Å²) in [6, 6.07) is 17.0. The van der Waals surface area contributed by atoms with Gasteiger partial charge in [0.25, 0.3) is 0 Å². The topological polar surface area (TPSA) is 120 Å². The summed E-state index contributed by atoms with van der Waals surface area (Å²) in [4.78, 5) is 15.2. The van der Waals surface area contributed by atoms with E-state index in [1.807, 2.05) is 0 Å². The van der Waals surface area contributed by atoms with Gasteiger partial charge in [-0.2, -0.15) is 4.31 Å². The number of carbonyl (C=O) groups is 1. The first-order chi connectivity index (χ1) is 18.4. The molecule has 2 aromatic carbocycles. The van der Waals surface area contributed by atoms with E-state index in [4.69, 9.17) is 5.11 Å². The van der Waals surface area contributed by atoms with Crippen LogP contribution in [0, 0.1) is 5.92 Å². The van der Waals surface area contributed by atoms with E-state index in [0.29, 0.717) is 22.6 Å². The van der Waals surface area contributed by atoms with Crippen LogP contribution in [0.3, 0.4) is 0 Å². The third-order valence-corrected chi connectivity index (χ3v) is 9.04. The number of likely N-dealkylation sites (N-methyl/N-ethyl adjacent to an activating group) is 1. The van der Waals surface area contributed by atoms with Crippen molar-refractivity contribution in [1.82, 2.24) is 14.6 Å². The Balaban J connectivity index is 1.34. The number of sulfonamides is 1. The predicted molar refractivity (Wildman–Crippen MR) is 151 cm³/mol. The van der Waals surface area contributed by atoms with Crippen LogP contribution in [0.2, 0.25) is 0 Å². The molecule has 0 fully saturated rings. The highest BCUT2D eigenvalue weighted by molar-refractivity contribution is 7.89. The van der Waals surface area contributed by atoms with Crippen LogP contribution in [0.4, 0.5) is 0 Å². The largest absolute Gasteiger partial charge is 0.481 e. The molecule has 1 atom stereocenters. The molecular formula is C30H37N3O5S. The second kappa shape index (κ2) is 12.0. The molecule has 1 aliphatic carbocycles. The highest BCUT2D eigenvalue weighted by Crippen LogP contribution is 2.32. The average Bonchev–Trinajstić information content (AvgIpc) is 3.29. The van der Waals surface area contributed by atoms with Crippen molar-refractivity contribution in [2.75, 3.05) is 20.1 Å². The number of fused-ring (bicyclic) bond motifs is 1. The highest BCUT2D eigenvalue weighted by Gasteiger charge is 2.29. The molecule has 39 heavy (non-hydrogen) atoms. The number of aliphatic hydroxyl groups is 1. The van der Waals surface area contributed by atoms with E-state index < -0.39 is 22.1 Å². The fourth-order valence-corrected chi connectivity index (χ4v) is 6.57. The number of aromatic nitrogens is 1. The minimum absolute atomic E-state index is 0.00688. The normalized spacial score (nSPS) is 14.9. The number of hydrogen-bond donors (Lipinski definition) is 3. The van der Waals surface area contributed by atoms with Crippen molar-refractivity contribution >= 4 is 16.0 Å². The van der Waals surface area contributed by atoms with Crippen LogP contribution in [0.15, 0.2) is 71.9 Å². The lowest BCUT2D eigenvalue weighted by Gasteiger charge is -2.31. The summed E-state index contributed by atoms with van der Waals surface area (Å²) in [5.74, 6) is -0.404. The lowest BCUT2D eigenvalue weighted by Crippen LogP contribution is -2.47. The van der Waals surface area contributed by atoms with E-state index >= 15 is 0 Å². The Morgan fingerprint density at radius 2 is 1.77 bits per heavy atom. The SMILES string of the molecule is CN(C[C@H](O)CNC(C)(C)CC1Cc2ccccc2C1)S(=O)(=O)c1cncc(-c2cccc(CC(=O)O)c2)c1. The summed E-state index contributed by atoms with van der Waals surface area (Å²) in [6.07, 6.45) is 4.87. The lowest BCUT2D eigenvalue weighted by atomic mass is 9.88. The van der Waals surface area contributed by atoms with Crippen LogP contribution < -0.4 is 5.32 Å². The zero-order chi connectivity index (χ0) is 28.2. The van der Waals surface area contributed by atoms with Crippen LogP contribution in [-0.2, 0) is 34.1 Å². The second-order valence-corrected chi connectivity index (χ2v) is 13.2. The van der Waals surface area contributed by atoms with Gasteiger partial charge in [0.2, 0.25) is 10.0 Å². The van der Waals surface area contributed by atoms with E-state index in [1.54, 1.807) is 30.5 Å². The number of nitrogens with one attached hydrogen (secondary N) is 1. The summed E-state index contributed by atoms with van der Waals surface area (Å²) < 4.78 is 27.7. The van der Waals surface area contributed by atoms with Crippen molar-refractivity contribution < 1.29 is 23.4 Å². The van der Waals surface area contributed by atoms with Gasteiger partial charge in [-0.05, 0) is 67.3 Å². The molecule has 3 aromatic rings. The number of carboxylic acid groups (broad SMARTS) is 1. The number of β-amino-alcohol motifs (C(OH)–C–C–N with tert-alkyl or cyclic N) is 1. The molecule has 0 saturated carbocycles. The van der Waals surface area contributed by atoms with E-state index in [9.17, 15) is 18.3 Å². The summed E-state index contributed by atoms with van der Waals surface area (Å²) in [7, 11) is -2.46. The number of benzene rings is 2. The van der Waals surface area contributed by atoms with E-state index in [0.717, 1.165) is 23.6 Å². The van der Waals surface area contributed by atoms with Crippen molar-refractivity contribution in [3.63, 3.8) is 0 Å². The number of aliphatic carboxylic acids is 1. The highest BCUT2D eigenvalue weighted by atomic mass is 32.2. The zero-order valence-electron chi connectivity index (χ0n) is 22.7. The Labute approximate surface area is 230 Å². The summed E-state index contributed by atoms with van der Waals surface area (Å²) in [5.41, 5.74) is 4.47. The van der Waals surface area contributed by atoms with Crippen LogP contribution in [0.1, 0.15) is 37.0 Å². The molecule has 1 aromatic heterocycles. The van der Waals surface area contributed by atoms with Gasteiger partial charge in [0, 0.05) is 43.6 Å². The third-order valence-electron chi connectivity index (χ3n) is 7.26. The third kappa shape index (κ3) is 7.51. The number of pyridine rings is 1. The van der Waals surface area contributed by atoms with Gasteiger partial charge >= 0.3 is 5.97 Å². The molecule has 1 aliphatic rings. The van der Waals surface area contributed by atoms with Gasteiger partial charge in [-0.3, -0.25) is 9.78 Å². The minimum Gasteiger partial charge on any atom is -0.481 e. The van der Waals surface area contributed by atoms with Gasteiger partial charge in [0.15, 0.2) is 0 Å². The van der Waals surface area contributed by atoms with Gasteiger partial charge in [-0.25, -0.2) is 8.42 Å². The fourth-order valence-electron chi connectivity index (χ4n) is 5.37. The number of rotatable bonds is 12. The maximum absolute atomic E-state index is 13.3. The first kappa shape index (κ1) is 28.9. The first-order valence-corrected chi connectivity index (χ1v) is 14.6. The molecule has 0 spiro atoms. The molecular weight excluding hydrogens is 514 g/mol. The van der Waals surface area contributed by atoms with Crippen molar-refractivity contribution in [1.29, 1.82) is 0 Å². The Hall–Kier alpha value is -3.11. The number of hydrogen-bond acceptors (Lipinski definition) is 6. The molecule has 8 nitrogen and oxygen atoms in total. The molecule has 0 saturated heterocycles.